The van der Waals surface area contributed by atoms with Crippen LogP contribution in [0.25, 0.3) is 0 Å². The molecule has 0 aliphatic carbocycles. The lowest BCUT2D eigenvalue weighted by Gasteiger charge is -2.14. The van der Waals surface area contributed by atoms with Crippen LogP contribution in [-0.4, -0.2) is 24.4 Å². The van der Waals surface area contributed by atoms with Gasteiger partial charge in [0.05, 0.1) is 4.88 Å². The average Bonchev–Trinajstić information content (AvgIpc) is 3.08. The van der Waals surface area contributed by atoms with Crippen molar-refractivity contribution in [3.8, 4) is 0 Å². The predicted octanol–water partition coefficient (Wildman–Crippen LogP) is 3.14. The first-order valence-electron chi connectivity index (χ1n) is 7.90. The van der Waals surface area contributed by atoms with Crippen LogP contribution in [0, 0.1) is 5.82 Å². The zero-order valence-corrected chi connectivity index (χ0v) is 14.4. The van der Waals surface area contributed by atoms with Crippen molar-refractivity contribution in [3.63, 3.8) is 0 Å². The van der Waals surface area contributed by atoms with Crippen LogP contribution in [0.15, 0.2) is 41.8 Å². The molecule has 0 aliphatic heterocycles. The molecule has 0 fully saturated rings. The molecule has 1 heterocycles. The Hall–Kier alpha value is -2.21. The minimum absolute atomic E-state index is 0.0933. The number of nitrogens with one attached hydrogen (secondary N) is 2. The van der Waals surface area contributed by atoms with E-state index in [0.717, 1.165) is 0 Å². The van der Waals surface area contributed by atoms with Crippen LogP contribution in [0.1, 0.15) is 35.0 Å². The van der Waals surface area contributed by atoms with Crippen LogP contribution < -0.4 is 10.6 Å². The lowest BCUT2D eigenvalue weighted by molar-refractivity contribution is -0.121. The summed E-state index contributed by atoms with van der Waals surface area (Å²) in [6.45, 7) is 2.30. The smallest absolute Gasteiger partial charge is 0.261 e. The molecule has 2 aromatic rings. The normalized spacial score (nSPS) is 11.8. The van der Waals surface area contributed by atoms with Crippen molar-refractivity contribution in [1.29, 1.82) is 0 Å². The number of hydrogen-bond acceptors (Lipinski definition) is 3. The largest absolute Gasteiger partial charge is 0.353 e. The zero-order chi connectivity index (χ0) is 17.4. The minimum atomic E-state index is -0.255. The lowest BCUT2D eigenvalue weighted by Crippen LogP contribution is -2.34. The molecule has 0 aliphatic rings. The molecule has 0 saturated carbocycles. The van der Waals surface area contributed by atoms with Gasteiger partial charge in [-0.3, -0.25) is 9.59 Å². The van der Waals surface area contributed by atoms with E-state index < -0.39 is 0 Å². The summed E-state index contributed by atoms with van der Waals surface area (Å²) < 4.78 is 13.6. The van der Waals surface area contributed by atoms with E-state index in [1.165, 1.54) is 17.4 Å². The maximum absolute atomic E-state index is 13.6. The molecule has 2 rings (SSSR count). The van der Waals surface area contributed by atoms with Gasteiger partial charge in [0.2, 0.25) is 5.91 Å². The number of hydrogen-bond donors (Lipinski definition) is 2. The van der Waals surface area contributed by atoms with Crippen molar-refractivity contribution in [3.05, 3.63) is 58.0 Å². The van der Waals surface area contributed by atoms with Crippen molar-refractivity contribution in [2.75, 3.05) is 6.54 Å². The van der Waals surface area contributed by atoms with Gasteiger partial charge in [0.25, 0.3) is 5.91 Å². The molecule has 1 atom stereocenters. The van der Waals surface area contributed by atoms with E-state index >= 15 is 0 Å². The van der Waals surface area contributed by atoms with E-state index in [4.69, 9.17) is 0 Å². The van der Waals surface area contributed by atoms with E-state index in [0.29, 0.717) is 36.2 Å². The molecule has 2 N–H and O–H groups in total. The fraction of sp³-hybridized carbons (Fsp3) is 0.333. The highest BCUT2D eigenvalue weighted by molar-refractivity contribution is 7.12. The molecular formula is C18H21FN2O2S. The summed E-state index contributed by atoms with van der Waals surface area (Å²) in [6.07, 6.45) is 1.34. The summed E-state index contributed by atoms with van der Waals surface area (Å²) in [6, 6.07) is 10.0. The molecule has 6 heteroatoms. The average molecular weight is 348 g/mol. The van der Waals surface area contributed by atoms with Gasteiger partial charge in [-0.05, 0) is 42.8 Å². The van der Waals surface area contributed by atoms with Crippen LogP contribution in [0.4, 0.5) is 4.39 Å². The van der Waals surface area contributed by atoms with E-state index in [-0.39, 0.29) is 23.7 Å². The second-order valence-electron chi connectivity index (χ2n) is 5.60. The molecule has 4 nitrogen and oxygen atoms in total. The van der Waals surface area contributed by atoms with Crippen LogP contribution in [-0.2, 0) is 11.2 Å². The van der Waals surface area contributed by atoms with Crippen LogP contribution in [0.3, 0.4) is 0 Å². The SMILES string of the molecule is CC(Cc1ccccc1F)NC(=O)CCCNC(=O)c1cccs1. The maximum Gasteiger partial charge on any atom is 0.261 e. The number of carbonyl (C=O) groups is 2. The maximum atomic E-state index is 13.6. The summed E-state index contributed by atoms with van der Waals surface area (Å²) in [5, 5.41) is 7.48. The molecular weight excluding hydrogens is 327 g/mol. The second-order valence-corrected chi connectivity index (χ2v) is 6.55. The van der Waals surface area contributed by atoms with Gasteiger partial charge in [-0.15, -0.1) is 11.3 Å². The number of halogens is 1. The van der Waals surface area contributed by atoms with E-state index in [9.17, 15) is 14.0 Å². The number of rotatable bonds is 8. The first-order chi connectivity index (χ1) is 11.6. The second kappa shape index (κ2) is 9.17. The third kappa shape index (κ3) is 5.77. The van der Waals surface area contributed by atoms with Gasteiger partial charge in [0, 0.05) is 19.0 Å². The number of carbonyl (C=O) groups excluding carboxylic acids is 2. The van der Waals surface area contributed by atoms with Crippen molar-refractivity contribution in [2.24, 2.45) is 0 Å². The highest BCUT2D eigenvalue weighted by Crippen LogP contribution is 2.09. The highest BCUT2D eigenvalue weighted by Gasteiger charge is 2.11. The van der Waals surface area contributed by atoms with Crippen LogP contribution in [0.2, 0.25) is 0 Å². The molecule has 0 spiro atoms. The van der Waals surface area contributed by atoms with Crippen molar-refractivity contribution >= 4 is 23.2 Å². The van der Waals surface area contributed by atoms with E-state index in [2.05, 4.69) is 10.6 Å². The zero-order valence-electron chi connectivity index (χ0n) is 13.5. The summed E-state index contributed by atoms with van der Waals surface area (Å²) in [4.78, 5) is 24.3. The number of thiophene rings is 1. The predicted molar refractivity (Wildman–Crippen MR) is 93.6 cm³/mol. The first-order valence-corrected chi connectivity index (χ1v) is 8.78. The standard InChI is InChI=1S/C18H21FN2O2S/c1-13(12-14-6-2-3-7-15(14)19)21-17(22)9-4-10-20-18(23)16-8-5-11-24-16/h2-3,5-8,11,13H,4,9-10,12H2,1H3,(H,20,23)(H,21,22). The van der Waals surface area contributed by atoms with Crippen LogP contribution >= 0.6 is 11.3 Å². The quantitative estimate of drug-likeness (QED) is 0.720. The minimum Gasteiger partial charge on any atom is -0.353 e. The highest BCUT2D eigenvalue weighted by atomic mass is 32.1. The fourth-order valence-electron chi connectivity index (χ4n) is 2.34. The Kier molecular flexibility index (Phi) is 6.93. The Morgan fingerprint density at radius 3 is 2.71 bits per heavy atom. The monoisotopic (exact) mass is 348 g/mol. The van der Waals surface area contributed by atoms with Gasteiger partial charge in [-0.2, -0.15) is 0 Å². The molecule has 128 valence electrons. The van der Waals surface area contributed by atoms with Gasteiger partial charge in [-0.1, -0.05) is 24.3 Å². The summed E-state index contributed by atoms with van der Waals surface area (Å²) >= 11 is 1.38. The molecule has 1 aromatic heterocycles. The molecule has 1 unspecified atom stereocenters. The topological polar surface area (TPSA) is 58.2 Å². The number of benzene rings is 1. The van der Waals surface area contributed by atoms with Crippen molar-refractivity contribution in [2.45, 2.75) is 32.2 Å². The van der Waals surface area contributed by atoms with Gasteiger partial charge in [-0.25, -0.2) is 4.39 Å². The fourth-order valence-corrected chi connectivity index (χ4v) is 2.98. The van der Waals surface area contributed by atoms with Gasteiger partial charge in [0.15, 0.2) is 0 Å². The first kappa shape index (κ1) is 18.1. The Balaban J connectivity index is 1.64. The summed E-state index contributed by atoms with van der Waals surface area (Å²) in [5.41, 5.74) is 0.591. The van der Waals surface area contributed by atoms with Gasteiger partial charge < -0.3 is 10.6 Å². The van der Waals surface area contributed by atoms with Crippen LogP contribution in [0.5, 0.6) is 0 Å². The van der Waals surface area contributed by atoms with Crippen molar-refractivity contribution in [1.82, 2.24) is 10.6 Å². The summed E-state index contributed by atoms with van der Waals surface area (Å²) in [7, 11) is 0. The van der Waals surface area contributed by atoms with Gasteiger partial charge >= 0.3 is 0 Å². The lowest BCUT2D eigenvalue weighted by atomic mass is 10.1. The van der Waals surface area contributed by atoms with Gasteiger partial charge in [0.1, 0.15) is 5.82 Å². The third-order valence-electron chi connectivity index (χ3n) is 3.50. The van der Waals surface area contributed by atoms with E-state index in [1.807, 2.05) is 18.4 Å². The Bertz CT molecular complexity index is 673. The van der Waals surface area contributed by atoms with E-state index in [1.54, 1.807) is 24.3 Å². The molecule has 1 aromatic carbocycles. The molecule has 0 radical (unpaired) electrons. The Labute approximate surface area is 145 Å². The third-order valence-corrected chi connectivity index (χ3v) is 4.37. The molecule has 24 heavy (non-hydrogen) atoms. The summed E-state index contributed by atoms with van der Waals surface area (Å²) in [5.74, 6) is -0.461. The molecule has 0 saturated heterocycles. The number of amides is 2. The van der Waals surface area contributed by atoms with Crippen molar-refractivity contribution < 1.29 is 14.0 Å². The Morgan fingerprint density at radius 2 is 2.00 bits per heavy atom. The Morgan fingerprint density at radius 1 is 1.21 bits per heavy atom. The molecule has 2 amide bonds. The molecule has 0 bridgehead atoms.